The molecule has 1 fully saturated rings. The summed E-state index contributed by atoms with van der Waals surface area (Å²) in [6.07, 6.45) is 14.6. The molecule has 1 atom stereocenters. The molecule has 0 spiro atoms. The topological polar surface area (TPSA) is 26.3 Å². The lowest BCUT2D eigenvalue weighted by atomic mass is 9.70. The van der Waals surface area contributed by atoms with E-state index in [0.717, 1.165) is 19.3 Å². The van der Waals surface area contributed by atoms with Crippen molar-refractivity contribution in [1.29, 1.82) is 0 Å². The van der Waals surface area contributed by atoms with Crippen molar-refractivity contribution < 1.29 is 9.53 Å². The highest BCUT2D eigenvalue weighted by atomic mass is 127. The van der Waals surface area contributed by atoms with Crippen molar-refractivity contribution in [3.63, 3.8) is 0 Å². The fourth-order valence-corrected chi connectivity index (χ4v) is 4.63. The first-order chi connectivity index (χ1) is 10.2. The average molecular weight is 408 g/mol. The van der Waals surface area contributed by atoms with Crippen LogP contribution in [-0.4, -0.2) is 23.4 Å². The maximum Gasteiger partial charge on any atom is 0.154 e. The first kappa shape index (κ1) is 19.4. The molecule has 3 heteroatoms. The molecule has 124 valence electrons. The van der Waals surface area contributed by atoms with Gasteiger partial charge in [0, 0.05) is 7.11 Å². The van der Waals surface area contributed by atoms with E-state index in [1.807, 2.05) is 0 Å². The predicted octanol–water partition coefficient (Wildman–Crippen LogP) is 5.71. The Balaban J connectivity index is 2.36. The van der Waals surface area contributed by atoms with E-state index in [1.54, 1.807) is 7.11 Å². The maximum absolute atomic E-state index is 12.9. The second-order valence-electron chi connectivity index (χ2n) is 6.66. The van der Waals surface area contributed by atoms with Crippen LogP contribution >= 0.6 is 22.6 Å². The first-order valence-electron chi connectivity index (χ1n) is 8.83. The molecule has 0 aromatic heterocycles. The number of rotatable bonds is 11. The fourth-order valence-electron chi connectivity index (χ4n) is 3.53. The molecule has 2 nitrogen and oxygen atoms in total. The summed E-state index contributed by atoms with van der Waals surface area (Å²) in [7, 11) is 1.74. The van der Waals surface area contributed by atoms with E-state index in [-0.39, 0.29) is 9.34 Å². The molecule has 0 amide bonds. The van der Waals surface area contributed by atoms with Crippen molar-refractivity contribution >= 4 is 28.4 Å². The molecular formula is C18H33IO2. The molecular weight excluding hydrogens is 375 g/mol. The van der Waals surface area contributed by atoms with Gasteiger partial charge < -0.3 is 4.74 Å². The van der Waals surface area contributed by atoms with Gasteiger partial charge in [0.05, 0.1) is 15.9 Å². The van der Waals surface area contributed by atoms with Crippen molar-refractivity contribution in [2.45, 2.75) is 87.9 Å². The molecule has 1 rings (SSSR count). The van der Waals surface area contributed by atoms with Crippen molar-refractivity contribution in [3.05, 3.63) is 0 Å². The van der Waals surface area contributed by atoms with Crippen LogP contribution in [0, 0.1) is 5.41 Å². The first-order valence-corrected chi connectivity index (χ1v) is 10.1. The van der Waals surface area contributed by atoms with Gasteiger partial charge in [0.15, 0.2) is 5.78 Å². The number of alkyl halides is 1. The van der Waals surface area contributed by atoms with Gasteiger partial charge >= 0.3 is 0 Å². The van der Waals surface area contributed by atoms with Crippen LogP contribution in [0.15, 0.2) is 0 Å². The molecule has 0 radical (unpaired) electrons. The number of ether oxygens (including phenoxy) is 1. The van der Waals surface area contributed by atoms with E-state index < -0.39 is 0 Å². The smallest absolute Gasteiger partial charge is 0.154 e. The summed E-state index contributed by atoms with van der Waals surface area (Å²) < 4.78 is 5.58. The van der Waals surface area contributed by atoms with Crippen molar-refractivity contribution in [2.24, 2.45) is 5.41 Å². The highest BCUT2D eigenvalue weighted by Crippen LogP contribution is 2.40. The van der Waals surface area contributed by atoms with E-state index in [9.17, 15) is 4.79 Å². The Morgan fingerprint density at radius 1 is 1.10 bits per heavy atom. The number of hydrogen-bond donors (Lipinski definition) is 0. The maximum atomic E-state index is 12.9. The zero-order valence-electron chi connectivity index (χ0n) is 14.0. The largest absolute Gasteiger partial charge is 0.384 e. The van der Waals surface area contributed by atoms with Crippen molar-refractivity contribution in [3.8, 4) is 0 Å². The van der Waals surface area contributed by atoms with Gasteiger partial charge in [-0.1, -0.05) is 87.3 Å². The Bertz CT molecular complexity index is 279. The molecule has 0 aromatic rings. The fraction of sp³-hybridized carbons (Fsp3) is 0.944. The minimum atomic E-state index is -0.166. The van der Waals surface area contributed by atoms with Gasteiger partial charge in [-0.2, -0.15) is 0 Å². The molecule has 0 bridgehead atoms. The van der Waals surface area contributed by atoms with Crippen LogP contribution < -0.4 is 0 Å². The standard InChI is InChI=1S/C18H33IO2/c1-3-4-5-6-7-9-12-16(19)17(20)18(15-21-2)13-10-8-11-14-18/h16H,3-15H2,1-2H3. The molecule has 0 heterocycles. The van der Waals surface area contributed by atoms with Gasteiger partial charge in [0.2, 0.25) is 0 Å². The van der Waals surface area contributed by atoms with Crippen LogP contribution in [-0.2, 0) is 9.53 Å². The van der Waals surface area contributed by atoms with Crippen LogP contribution in [0.4, 0.5) is 0 Å². The van der Waals surface area contributed by atoms with Gasteiger partial charge in [-0.15, -0.1) is 0 Å². The van der Waals surface area contributed by atoms with Crippen LogP contribution in [0.3, 0.4) is 0 Å². The lowest BCUT2D eigenvalue weighted by Gasteiger charge is -2.36. The number of ketones is 1. The molecule has 0 aliphatic heterocycles. The van der Waals surface area contributed by atoms with E-state index in [4.69, 9.17) is 4.74 Å². The van der Waals surface area contributed by atoms with Gasteiger partial charge in [-0.25, -0.2) is 0 Å². The van der Waals surface area contributed by atoms with E-state index >= 15 is 0 Å². The molecule has 1 aliphatic rings. The van der Waals surface area contributed by atoms with E-state index in [2.05, 4.69) is 29.5 Å². The zero-order chi connectivity index (χ0) is 15.6. The van der Waals surface area contributed by atoms with Crippen LogP contribution in [0.2, 0.25) is 0 Å². The van der Waals surface area contributed by atoms with Gasteiger partial charge in [-0.05, 0) is 19.3 Å². The number of unbranched alkanes of at least 4 members (excludes halogenated alkanes) is 5. The Morgan fingerprint density at radius 3 is 2.33 bits per heavy atom. The van der Waals surface area contributed by atoms with Crippen LogP contribution in [0.5, 0.6) is 0 Å². The van der Waals surface area contributed by atoms with Crippen LogP contribution in [0.1, 0.15) is 84.0 Å². The summed E-state index contributed by atoms with van der Waals surface area (Å²) in [5.41, 5.74) is -0.166. The lowest BCUT2D eigenvalue weighted by molar-refractivity contribution is -0.133. The highest BCUT2D eigenvalue weighted by molar-refractivity contribution is 14.1. The molecule has 0 saturated heterocycles. The van der Waals surface area contributed by atoms with Crippen LogP contribution in [0.25, 0.3) is 0 Å². The van der Waals surface area contributed by atoms with E-state index in [1.165, 1.54) is 57.8 Å². The van der Waals surface area contributed by atoms with Gasteiger partial charge in [0.25, 0.3) is 0 Å². The predicted molar refractivity (Wildman–Crippen MR) is 98.2 cm³/mol. The van der Waals surface area contributed by atoms with Crippen molar-refractivity contribution in [1.82, 2.24) is 0 Å². The number of Topliss-reactive ketones (excluding diaryl/α,β-unsaturated/α-hetero) is 1. The second-order valence-corrected chi connectivity index (χ2v) is 8.17. The summed E-state index contributed by atoms with van der Waals surface area (Å²) in [6, 6.07) is 0. The highest BCUT2D eigenvalue weighted by Gasteiger charge is 2.41. The third-order valence-electron chi connectivity index (χ3n) is 4.85. The normalized spacial score (nSPS) is 19.4. The minimum absolute atomic E-state index is 0.166. The Morgan fingerprint density at radius 2 is 1.71 bits per heavy atom. The van der Waals surface area contributed by atoms with E-state index in [0.29, 0.717) is 12.4 Å². The molecule has 0 N–H and O–H groups in total. The number of hydrogen-bond acceptors (Lipinski definition) is 2. The zero-order valence-corrected chi connectivity index (χ0v) is 16.1. The number of carbonyl (C=O) groups is 1. The average Bonchev–Trinajstić information content (AvgIpc) is 2.51. The SMILES string of the molecule is CCCCCCCCC(I)C(=O)C1(COC)CCCCC1. The third-order valence-corrected chi connectivity index (χ3v) is 6.04. The van der Waals surface area contributed by atoms with Gasteiger partial charge in [0.1, 0.15) is 0 Å². The summed E-state index contributed by atoms with van der Waals surface area (Å²) in [4.78, 5) is 12.9. The third kappa shape index (κ3) is 6.55. The molecule has 1 aliphatic carbocycles. The number of halogens is 1. The molecule has 21 heavy (non-hydrogen) atoms. The molecule has 1 saturated carbocycles. The summed E-state index contributed by atoms with van der Waals surface area (Å²) in [5.74, 6) is 0.471. The molecule has 1 unspecified atom stereocenters. The van der Waals surface area contributed by atoms with Crippen molar-refractivity contribution in [2.75, 3.05) is 13.7 Å². The summed E-state index contributed by atoms with van der Waals surface area (Å²) in [5, 5.41) is 0. The second kappa shape index (κ2) is 11.0. The molecule has 0 aromatic carbocycles. The quantitative estimate of drug-likeness (QED) is 0.249. The Labute approximate surface area is 144 Å². The minimum Gasteiger partial charge on any atom is -0.384 e. The summed E-state index contributed by atoms with van der Waals surface area (Å²) in [6.45, 7) is 2.88. The Hall–Kier alpha value is 0.360. The van der Waals surface area contributed by atoms with Gasteiger partial charge in [-0.3, -0.25) is 4.79 Å². The monoisotopic (exact) mass is 408 g/mol. The summed E-state index contributed by atoms with van der Waals surface area (Å²) >= 11 is 2.38. The number of carbonyl (C=O) groups excluding carboxylic acids is 1. The Kier molecular flexibility index (Phi) is 10.1. The number of methoxy groups -OCH3 is 1. The lowest BCUT2D eigenvalue weighted by Crippen LogP contribution is -2.41.